The van der Waals surface area contributed by atoms with Gasteiger partial charge in [-0.2, -0.15) is 0 Å². The van der Waals surface area contributed by atoms with E-state index in [0.29, 0.717) is 25.7 Å². The minimum Gasteiger partial charge on any atom is -0.481 e. The van der Waals surface area contributed by atoms with Gasteiger partial charge in [0, 0.05) is 13.0 Å². The zero-order chi connectivity index (χ0) is 14.6. The van der Waals surface area contributed by atoms with E-state index in [-0.39, 0.29) is 18.4 Å². The molecule has 1 saturated heterocycles. The van der Waals surface area contributed by atoms with E-state index >= 15 is 0 Å². The van der Waals surface area contributed by atoms with Gasteiger partial charge in [0.1, 0.15) is 6.04 Å². The van der Waals surface area contributed by atoms with Crippen LogP contribution in [-0.2, 0) is 14.4 Å². The van der Waals surface area contributed by atoms with Gasteiger partial charge in [-0.15, -0.1) is 0 Å². The lowest BCUT2D eigenvalue weighted by Gasteiger charge is -2.28. The number of nitrogens with one attached hydrogen (secondary N) is 2. The fourth-order valence-electron chi connectivity index (χ4n) is 3.06. The maximum atomic E-state index is 12.0. The lowest BCUT2D eigenvalue weighted by atomic mass is 9.80. The lowest BCUT2D eigenvalue weighted by Crippen LogP contribution is -2.48. The van der Waals surface area contributed by atoms with Crippen molar-refractivity contribution in [2.45, 2.75) is 57.4 Å². The molecule has 0 aromatic heterocycles. The molecule has 0 aromatic rings. The third kappa shape index (κ3) is 3.29. The molecule has 6 heteroatoms. The normalized spacial score (nSPS) is 25.6. The van der Waals surface area contributed by atoms with Gasteiger partial charge in [0.05, 0.1) is 5.41 Å². The highest BCUT2D eigenvalue weighted by atomic mass is 16.4. The molecule has 0 unspecified atom stereocenters. The number of carbonyl (C=O) groups is 3. The van der Waals surface area contributed by atoms with Gasteiger partial charge in [-0.1, -0.05) is 25.7 Å². The maximum absolute atomic E-state index is 12.0. The van der Waals surface area contributed by atoms with Crippen molar-refractivity contribution in [3.05, 3.63) is 0 Å². The first kappa shape index (κ1) is 14.8. The molecular formula is C14H22N2O4. The van der Waals surface area contributed by atoms with Crippen molar-refractivity contribution in [3.8, 4) is 0 Å². The number of amides is 2. The van der Waals surface area contributed by atoms with Crippen molar-refractivity contribution in [2.75, 3.05) is 6.54 Å². The lowest BCUT2D eigenvalue weighted by molar-refractivity contribution is -0.150. The molecule has 1 aliphatic heterocycles. The minimum atomic E-state index is -0.839. The fraction of sp³-hybridized carbons (Fsp3) is 0.786. The number of carboxylic acids is 1. The van der Waals surface area contributed by atoms with E-state index < -0.39 is 17.4 Å². The third-order valence-corrected chi connectivity index (χ3v) is 4.43. The van der Waals surface area contributed by atoms with Crippen molar-refractivity contribution in [1.29, 1.82) is 0 Å². The molecule has 0 radical (unpaired) electrons. The minimum absolute atomic E-state index is 0.118. The molecule has 112 valence electrons. The van der Waals surface area contributed by atoms with Crippen LogP contribution in [0.3, 0.4) is 0 Å². The molecular weight excluding hydrogens is 260 g/mol. The number of aliphatic carboxylic acids is 1. The average molecular weight is 282 g/mol. The van der Waals surface area contributed by atoms with E-state index in [1.54, 1.807) is 0 Å². The molecule has 2 rings (SSSR count). The molecule has 2 aliphatic rings. The summed E-state index contributed by atoms with van der Waals surface area (Å²) < 4.78 is 0. The summed E-state index contributed by atoms with van der Waals surface area (Å²) in [6.45, 7) is 0.160. The average Bonchev–Trinajstić information content (AvgIpc) is 2.71. The van der Waals surface area contributed by atoms with Crippen LogP contribution in [0, 0.1) is 5.41 Å². The van der Waals surface area contributed by atoms with Gasteiger partial charge in [0.15, 0.2) is 0 Å². The van der Waals surface area contributed by atoms with Crippen LogP contribution < -0.4 is 10.6 Å². The first-order valence-corrected chi connectivity index (χ1v) is 7.34. The molecule has 1 atom stereocenters. The zero-order valence-corrected chi connectivity index (χ0v) is 11.6. The summed E-state index contributed by atoms with van der Waals surface area (Å²) in [5, 5.41) is 14.8. The Balaban J connectivity index is 1.93. The summed E-state index contributed by atoms with van der Waals surface area (Å²) in [5.41, 5.74) is -0.839. The number of carboxylic acid groups (broad SMARTS) is 1. The Kier molecular flexibility index (Phi) is 4.62. The Hall–Kier alpha value is -1.59. The Morgan fingerprint density at radius 2 is 1.90 bits per heavy atom. The van der Waals surface area contributed by atoms with Gasteiger partial charge in [-0.3, -0.25) is 14.4 Å². The van der Waals surface area contributed by atoms with Crippen molar-refractivity contribution in [1.82, 2.24) is 10.6 Å². The van der Waals surface area contributed by atoms with E-state index in [4.69, 9.17) is 0 Å². The Morgan fingerprint density at radius 1 is 1.25 bits per heavy atom. The first-order chi connectivity index (χ1) is 9.53. The summed E-state index contributed by atoms with van der Waals surface area (Å²) in [7, 11) is 0. The third-order valence-electron chi connectivity index (χ3n) is 4.43. The predicted octanol–water partition coefficient (Wildman–Crippen LogP) is 0.806. The van der Waals surface area contributed by atoms with Crippen LogP contribution in [-0.4, -0.2) is 35.5 Å². The van der Waals surface area contributed by atoms with Gasteiger partial charge >= 0.3 is 5.97 Å². The highest BCUT2D eigenvalue weighted by molar-refractivity contribution is 5.91. The van der Waals surface area contributed by atoms with E-state index in [1.165, 1.54) is 0 Å². The van der Waals surface area contributed by atoms with Gasteiger partial charge in [0.2, 0.25) is 11.8 Å². The molecule has 1 saturated carbocycles. The second-order valence-electron chi connectivity index (χ2n) is 5.88. The van der Waals surface area contributed by atoms with Crippen molar-refractivity contribution < 1.29 is 19.5 Å². The molecule has 2 amide bonds. The van der Waals surface area contributed by atoms with E-state index in [2.05, 4.69) is 10.6 Å². The fourth-order valence-corrected chi connectivity index (χ4v) is 3.06. The SMILES string of the molecule is O=C1CC[C@H](C(=O)NCC2(C(=O)O)CCCCCC2)N1. The number of rotatable bonds is 4. The van der Waals surface area contributed by atoms with Crippen LogP contribution in [0.4, 0.5) is 0 Å². The maximum Gasteiger partial charge on any atom is 0.311 e. The number of hydrogen-bond donors (Lipinski definition) is 3. The van der Waals surface area contributed by atoms with Gasteiger partial charge in [-0.25, -0.2) is 0 Å². The summed E-state index contributed by atoms with van der Waals surface area (Å²) in [5.74, 6) is -1.21. The van der Waals surface area contributed by atoms with Crippen LogP contribution in [0.5, 0.6) is 0 Å². The topological polar surface area (TPSA) is 95.5 Å². The van der Waals surface area contributed by atoms with Crippen LogP contribution in [0.2, 0.25) is 0 Å². The summed E-state index contributed by atoms with van der Waals surface area (Å²) in [6, 6.07) is -0.501. The van der Waals surface area contributed by atoms with Crippen molar-refractivity contribution in [2.24, 2.45) is 5.41 Å². The number of carbonyl (C=O) groups excluding carboxylic acids is 2. The summed E-state index contributed by atoms with van der Waals surface area (Å²) in [6.07, 6.45) is 5.97. The van der Waals surface area contributed by atoms with E-state index in [0.717, 1.165) is 25.7 Å². The van der Waals surface area contributed by atoms with E-state index in [9.17, 15) is 19.5 Å². The highest BCUT2D eigenvalue weighted by Gasteiger charge is 2.39. The monoisotopic (exact) mass is 282 g/mol. The van der Waals surface area contributed by atoms with Crippen LogP contribution in [0.1, 0.15) is 51.4 Å². The second kappa shape index (κ2) is 6.24. The van der Waals surface area contributed by atoms with Gasteiger partial charge < -0.3 is 15.7 Å². The van der Waals surface area contributed by atoms with Gasteiger partial charge in [0.25, 0.3) is 0 Å². The molecule has 2 fully saturated rings. The van der Waals surface area contributed by atoms with Gasteiger partial charge in [-0.05, 0) is 19.3 Å². The van der Waals surface area contributed by atoms with Crippen LogP contribution in [0.25, 0.3) is 0 Å². The standard InChI is InChI=1S/C14H22N2O4/c17-11-6-5-10(16-11)12(18)15-9-14(13(19)20)7-3-1-2-4-8-14/h10H,1-9H2,(H,15,18)(H,16,17)(H,19,20)/t10-/m1/s1. The Bertz CT molecular complexity index is 400. The molecule has 0 spiro atoms. The molecule has 20 heavy (non-hydrogen) atoms. The molecule has 3 N–H and O–H groups in total. The summed E-state index contributed by atoms with van der Waals surface area (Å²) >= 11 is 0. The van der Waals surface area contributed by atoms with Crippen molar-refractivity contribution in [3.63, 3.8) is 0 Å². The smallest absolute Gasteiger partial charge is 0.311 e. The molecule has 1 heterocycles. The van der Waals surface area contributed by atoms with Crippen LogP contribution >= 0.6 is 0 Å². The Morgan fingerprint density at radius 3 is 2.40 bits per heavy atom. The first-order valence-electron chi connectivity index (χ1n) is 7.34. The molecule has 1 aliphatic carbocycles. The molecule has 0 aromatic carbocycles. The largest absolute Gasteiger partial charge is 0.481 e. The zero-order valence-electron chi connectivity index (χ0n) is 11.6. The Labute approximate surface area is 118 Å². The highest BCUT2D eigenvalue weighted by Crippen LogP contribution is 2.34. The van der Waals surface area contributed by atoms with Crippen molar-refractivity contribution >= 4 is 17.8 Å². The predicted molar refractivity (Wildman–Crippen MR) is 71.9 cm³/mol. The van der Waals surface area contributed by atoms with E-state index in [1.807, 2.05) is 0 Å². The second-order valence-corrected chi connectivity index (χ2v) is 5.88. The summed E-state index contributed by atoms with van der Waals surface area (Å²) in [4.78, 5) is 34.7. The molecule has 6 nitrogen and oxygen atoms in total. The quantitative estimate of drug-likeness (QED) is 0.665. The van der Waals surface area contributed by atoms with Crippen LogP contribution in [0.15, 0.2) is 0 Å². The molecule has 0 bridgehead atoms. The number of hydrogen-bond acceptors (Lipinski definition) is 3.